The third kappa shape index (κ3) is 7.34. The summed E-state index contributed by atoms with van der Waals surface area (Å²) >= 11 is 0. The van der Waals surface area contributed by atoms with Gasteiger partial charge in [0.25, 0.3) is 10.0 Å². The summed E-state index contributed by atoms with van der Waals surface area (Å²) in [5.41, 5.74) is 2.44. The second-order valence-electron chi connectivity index (χ2n) is 9.12. The van der Waals surface area contributed by atoms with Crippen molar-refractivity contribution in [2.45, 2.75) is 56.5 Å². The number of alkyl halides is 3. The van der Waals surface area contributed by atoms with Gasteiger partial charge in [0.2, 0.25) is 0 Å². The standard InChI is InChI=1S/C22H27N3O4S.C2HF3O2/c1-15-8-10-25(11-9-15)21-20(22(26)27)13-18(14-23-21)24-30(28,29)19-7-6-16-4-2-3-5-17(16)12-19;3-2(4,5)1(6)7/h6-7,12-15,24H,2-5,8-11H2,1H3,(H,26,27);(H,6,7). The minimum Gasteiger partial charge on any atom is -0.478 e. The van der Waals surface area contributed by atoms with Crippen LogP contribution in [0.15, 0.2) is 35.4 Å². The molecular weight excluding hydrogens is 515 g/mol. The molecule has 0 radical (unpaired) electrons. The molecule has 0 bridgehead atoms. The number of hydrogen-bond acceptors (Lipinski definition) is 6. The second-order valence-corrected chi connectivity index (χ2v) is 10.8. The number of benzene rings is 1. The van der Waals surface area contributed by atoms with E-state index < -0.39 is 28.1 Å². The van der Waals surface area contributed by atoms with E-state index in [1.165, 1.54) is 17.8 Å². The molecule has 0 spiro atoms. The van der Waals surface area contributed by atoms with Crippen LogP contribution < -0.4 is 9.62 Å². The number of anilines is 2. The quantitative estimate of drug-likeness (QED) is 0.507. The summed E-state index contributed by atoms with van der Waals surface area (Å²) in [6.45, 7) is 3.67. The van der Waals surface area contributed by atoms with Crippen LogP contribution in [0.4, 0.5) is 24.7 Å². The molecule has 37 heavy (non-hydrogen) atoms. The maximum atomic E-state index is 12.9. The van der Waals surface area contributed by atoms with Crippen LogP contribution in [0, 0.1) is 5.92 Å². The predicted molar refractivity (Wildman–Crippen MR) is 129 cm³/mol. The Kier molecular flexibility index (Phi) is 8.67. The lowest BCUT2D eigenvalue weighted by molar-refractivity contribution is -0.192. The number of carboxylic acid groups (broad SMARTS) is 2. The van der Waals surface area contributed by atoms with Gasteiger partial charge >= 0.3 is 18.1 Å². The number of hydrogen-bond donors (Lipinski definition) is 3. The summed E-state index contributed by atoms with van der Waals surface area (Å²) in [6.07, 6.45) is 2.32. The highest BCUT2D eigenvalue weighted by Gasteiger charge is 2.38. The van der Waals surface area contributed by atoms with Crippen LogP contribution in [-0.2, 0) is 27.7 Å². The van der Waals surface area contributed by atoms with Gasteiger partial charge in [0.1, 0.15) is 11.4 Å². The normalized spacial score (nSPS) is 16.3. The van der Waals surface area contributed by atoms with E-state index in [1.54, 1.807) is 12.1 Å². The van der Waals surface area contributed by atoms with Crippen molar-refractivity contribution in [3.63, 3.8) is 0 Å². The summed E-state index contributed by atoms with van der Waals surface area (Å²) in [5, 5.41) is 16.8. The fourth-order valence-corrected chi connectivity index (χ4v) is 5.32. The number of aromatic nitrogens is 1. The molecule has 0 saturated carbocycles. The number of aliphatic carboxylic acids is 1. The van der Waals surface area contributed by atoms with Gasteiger partial charge in [-0.15, -0.1) is 0 Å². The van der Waals surface area contributed by atoms with Gasteiger partial charge < -0.3 is 15.1 Å². The van der Waals surface area contributed by atoms with Gasteiger partial charge in [0, 0.05) is 13.1 Å². The lowest BCUT2D eigenvalue weighted by atomic mass is 9.92. The molecule has 1 aromatic carbocycles. The van der Waals surface area contributed by atoms with E-state index in [4.69, 9.17) is 9.90 Å². The zero-order valence-corrected chi connectivity index (χ0v) is 20.9. The first kappa shape index (κ1) is 28.2. The molecule has 1 fully saturated rings. The smallest absolute Gasteiger partial charge is 0.478 e. The Labute approximate surface area is 212 Å². The first-order valence-corrected chi connectivity index (χ1v) is 13.2. The van der Waals surface area contributed by atoms with Gasteiger partial charge in [0.15, 0.2) is 0 Å². The summed E-state index contributed by atoms with van der Waals surface area (Å²) in [6, 6.07) is 6.58. The number of carbonyl (C=O) groups is 2. The summed E-state index contributed by atoms with van der Waals surface area (Å²) in [5.74, 6) is -2.87. The highest BCUT2D eigenvalue weighted by atomic mass is 32.2. The van der Waals surface area contributed by atoms with Crippen molar-refractivity contribution in [1.82, 2.24) is 4.98 Å². The van der Waals surface area contributed by atoms with Crippen molar-refractivity contribution in [3.8, 4) is 0 Å². The second kappa shape index (κ2) is 11.4. The van der Waals surface area contributed by atoms with E-state index >= 15 is 0 Å². The maximum Gasteiger partial charge on any atom is 0.490 e. The Morgan fingerprint density at radius 3 is 2.22 bits per heavy atom. The third-order valence-electron chi connectivity index (χ3n) is 6.31. The molecule has 2 aliphatic rings. The van der Waals surface area contributed by atoms with Crippen LogP contribution in [0.25, 0.3) is 0 Å². The molecule has 2 aromatic rings. The summed E-state index contributed by atoms with van der Waals surface area (Å²) < 4.78 is 60.0. The van der Waals surface area contributed by atoms with Crippen molar-refractivity contribution in [2.24, 2.45) is 5.92 Å². The molecule has 3 N–H and O–H groups in total. The Morgan fingerprint density at radius 2 is 1.65 bits per heavy atom. The molecule has 0 atom stereocenters. The van der Waals surface area contributed by atoms with E-state index in [2.05, 4.69) is 16.6 Å². The SMILES string of the molecule is CC1CCN(c2ncc(NS(=O)(=O)c3ccc4c(c3)CCCC4)cc2C(=O)O)CC1.O=C(O)C(F)(F)F. The molecule has 13 heteroatoms. The van der Waals surface area contributed by atoms with E-state index in [0.29, 0.717) is 11.7 Å². The third-order valence-corrected chi connectivity index (χ3v) is 7.68. The van der Waals surface area contributed by atoms with Gasteiger partial charge in [-0.2, -0.15) is 13.2 Å². The van der Waals surface area contributed by atoms with Crippen LogP contribution in [0.2, 0.25) is 0 Å². The van der Waals surface area contributed by atoms with Gasteiger partial charge in [-0.25, -0.2) is 23.0 Å². The number of fused-ring (bicyclic) bond motifs is 1. The van der Waals surface area contributed by atoms with E-state index in [0.717, 1.165) is 57.2 Å². The lowest BCUT2D eigenvalue weighted by Gasteiger charge is -2.32. The monoisotopic (exact) mass is 543 g/mol. The molecule has 1 aliphatic heterocycles. The predicted octanol–water partition coefficient (Wildman–Crippen LogP) is 4.33. The maximum absolute atomic E-state index is 12.9. The van der Waals surface area contributed by atoms with Crippen molar-refractivity contribution in [1.29, 1.82) is 0 Å². The highest BCUT2D eigenvalue weighted by Crippen LogP contribution is 2.28. The molecule has 0 unspecified atom stereocenters. The first-order chi connectivity index (χ1) is 17.3. The topological polar surface area (TPSA) is 137 Å². The number of pyridine rings is 1. The largest absolute Gasteiger partial charge is 0.490 e. The average molecular weight is 544 g/mol. The highest BCUT2D eigenvalue weighted by molar-refractivity contribution is 7.92. The Morgan fingerprint density at radius 1 is 1.05 bits per heavy atom. The molecule has 0 amide bonds. The molecule has 1 aromatic heterocycles. The van der Waals surface area contributed by atoms with Gasteiger partial charge in [-0.1, -0.05) is 13.0 Å². The molecule has 9 nitrogen and oxygen atoms in total. The Balaban J connectivity index is 0.000000479. The summed E-state index contributed by atoms with van der Waals surface area (Å²) in [7, 11) is -3.83. The summed E-state index contributed by atoms with van der Waals surface area (Å²) in [4.78, 5) is 27.2. The average Bonchev–Trinajstić information content (AvgIpc) is 2.84. The van der Waals surface area contributed by atoms with Crippen molar-refractivity contribution < 1.29 is 41.4 Å². The Bertz CT molecular complexity index is 1260. The van der Waals surface area contributed by atoms with E-state index in [1.807, 2.05) is 11.0 Å². The van der Waals surface area contributed by atoms with Crippen molar-refractivity contribution in [2.75, 3.05) is 22.7 Å². The number of piperidine rings is 1. The van der Waals surface area contributed by atoms with Crippen LogP contribution >= 0.6 is 0 Å². The number of halogens is 3. The fraction of sp³-hybridized carbons (Fsp3) is 0.458. The minimum atomic E-state index is -5.08. The Hall–Kier alpha value is -3.35. The molecule has 2 heterocycles. The number of aryl methyl sites for hydroxylation is 2. The lowest BCUT2D eigenvalue weighted by Crippen LogP contribution is -2.34. The van der Waals surface area contributed by atoms with Gasteiger partial charge in [-0.05, 0) is 73.8 Å². The van der Waals surface area contributed by atoms with Gasteiger partial charge in [0.05, 0.1) is 16.8 Å². The van der Waals surface area contributed by atoms with E-state index in [9.17, 15) is 31.5 Å². The first-order valence-electron chi connectivity index (χ1n) is 11.7. The number of nitrogens with one attached hydrogen (secondary N) is 1. The molecule has 202 valence electrons. The van der Waals surface area contributed by atoms with Crippen LogP contribution in [-0.4, -0.2) is 54.8 Å². The molecule has 4 rings (SSSR count). The van der Waals surface area contributed by atoms with Gasteiger partial charge in [-0.3, -0.25) is 4.72 Å². The number of nitrogens with zero attached hydrogens (tertiary/aromatic N) is 2. The zero-order valence-electron chi connectivity index (χ0n) is 20.1. The molecule has 1 aliphatic carbocycles. The van der Waals surface area contributed by atoms with Crippen molar-refractivity contribution in [3.05, 3.63) is 47.2 Å². The number of rotatable bonds is 5. The number of carboxylic acids is 2. The van der Waals surface area contributed by atoms with Crippen LogP contribution in [0.3, 0.4) is 0 Å². The van der Waals surface area contributed by atoms with E-state index in [-0.39, 0.29) is 16.1 Å². The minimum absolute atomic E-state index is 0.00944. The fourth-order valence-electron chi connectivity index (χ4n) is 4.23. The zero-order chi connectivity index (χ0) is 27.4. The van der Waals surface area contributed by atoms with Crippen LogP contribution in [0.1, 0.15) is 54.1 Å². The molecular formula is C24H28F3N3O6S. The van der Waals surface area contributed by atoms with Crippen LogP contribution in [0.5, 0.6) is 0 Å². The van der Waals surface area contributed by atoms with Crippen molar-refractivity contribution >= 4 is 33.5 Å². The number of aromatic carboxylic acids is 1. The number of sulfonamides is 1. The molecule has 1 saturated heterocycles.